The fourth-order valence-corrected chi connectivity index (χ4v) is 1.91. The van der Waals surface area contributed by atoms with Gasteiger partial charge in [0.1, 0.15) is 23.3 Å². The normalized spacial score (nSPS) is 12.0. The lowest BCUT2D eigenvalue weighted by Gasteiger charge is -2.16. The smallest absolute Gasteiger partial charge is 0.132 e. The van der Waals surface area contributed by atoms with E-state index >= 15 is 0 Å². The molecular weight excluding hydrogens is 255 g/mol. The van der Waals surface area contributed by atoms with Gasteiger partial charge in [-0.1, -0.05) is 19.1 Å². The molecule has 0 saturated heterocycles. The summed E-state index contributed by atoms with van der Waals surface area (Å²) in [6.45, 7) is 4.03. The van der Waals surface area contributed by atoms with Gasteiger partial charge in [-0.25, -0.2) is 14.4 Å². The number of aryl methyl sites for hydroxylation is 1. The summed E-state index contributed by atoms with van der Waals surface area (Å²) in [4.78, 5) is 8.80. The Bertz CT molecular complexity index is 546. The number of rotatable bonds is 5. The van der Waals surface area contributed by atoms with Crippen molar-refractivity contribution in [1.29, 1.82) is 0 Å². The van der Waals surface area contributed by atoms with Crippen LogP contribution in [-0.4, -0.2) is 17.0 Å². The van der Waals surface area contributed by atoms with Gasteiger partial charge in [-0.05, 0) is 24.6 Å². The maximum Gasteiger partial charge on any atom is 0.132 e. The topological polar surface area (TPSA) is 49.8 Å². The fourth-order valence-electron chi connectivity index (χ4n) is 1.91. The maximum absolute atomic E-state index is 12.9. The molecule has 0 amide bonds. The summed E-state index contributed by atoms with van der Waals surface area (Å²) in [6.07, 6.45) is 0.773. The first-order valence-corrected chi connectivity index (χ1v) is 6.70. The number of nitrogens with zero attached hydrogens (tertiary/aromatic N) is 2. The van der Waals surface area contributed by atoms with Gasteiger partial charge in [0, 0.05) is 25.6 Å². The van der Waals surface area contributed by atoms with Crippen molar-refractivity contribution >= 4 is 11.6 Å². The monoisotopic (exact) mass is 274 g/mol. The predicted octanol–water partition coefficient (Wildman–Crippen LogP) is 3.39. The zero-order chi connectivity index (χ0) is 14.5. The van der Waals surface area contributed by atoms with Crippen LogP contribution in [0.1, 0.15) is 31.3 Å². The summed E-state index contributed by atoms with van der Waals surface area (Å²) in [5, 5.41) is 6.34. The molecule has 0 spiro atoms. The lowest BCUT2D eigenvalue weighted by atomic mass is 10.1. The van der Waals surface area contributed by atoms with Crippen LogP contribution in [0, 0.1) is 5.82 Å². The maximum atomic E-state index is 12.9. The quantitative estimate of drug-likeness (QED) is 0.877. The van der Waals surface area contributed by atoms with Crippen molar-refractivity contribution in [3.8, 4) is 0 Å². The van der Waals surface area contributed by atoms with Crippen LogP contribution in [0.15, 0.2) is 30.3 Å². The minimum atomic E-state index is -0.228. The van der Waals surface area contributed by atoms with Crippen molar-refractivity contribution in [2.24, 2.45) is 0 Å². The molecule has 4 nitrogen and oxygen atoms in total. The van der Waals surface area contributed by atoms with Crippen LogP contribution in [0.5, 0.6) is 0 Å². The molecule has 1 atom stereocenters. The minimum absolute atomic E-state index is 0.0416. The van der Waals surface area contributed by atoms with Crippen molar-refractivity contribution in [3.63, 3.8) is 0 Å². The largest absolute Gasteiger partial charge is 0.373 e. The lowest BCUT2D eigenvalue weighted by Crippen LogP contribution is -2.10. The molecule has 0 bridgehead atoms. The van der Waals surface area contributed by atoms with Gasteiger partial charge in [0.25, 0.3) is 0 Å². The van der Waals surface area contributed by atoms with Crippen LogP contribution >= 0.6 is 0 Å². The standard InChI is InChI=1S/C15H19FN4/c1-4-13-19-14(17-3)9-15(20-13)18-10(2)11-5-7-12(16)8-6-11/h5-10H,4H2,1-3H3,(H2,17,18,19,20). The second-order valence-electron chi connectivity index (χ2n) is 4.58. The van der Waals surface area contributed by atoms with E-state index in [0.717, 1.165) is 29.4 Å². The molecule has 2 N–H and O–H groups in total. The van der Waals surface area contributed by atoms with E-state index in [2.05, 4.69) is 20.6 Å². The number of benzene rings is 1. The molecule has 1 aromatic heterocycles. The molecule has 0 aliphatic rings. The van der Waals surface area contributed by atoms with Gasteiger partial charge in [0.05, 0.1) is 0 Å². The van der Waals surface area contributed by atoms with Crippen molar-refractivity contribution in [3.05, 3.63) is 47.5 Å². The van der Waals surface area contributed by atoms with E-state index in [1.54, 1.807) is 12.1 Å². The molecule has 1 unspecified atom stereocenters. The van der Waals surface area contributed by atoms with Crippen LogP contribution in [-0.2, 0) is 6.42 Å². The van der Waals surface area contributed by atoms with Crippen molar-refractivity contribution in [2.75, 3.05) is 17.7 Å². The Hall–Kier alpha value is -2.17. The molecule has 20 heavy (non-hydrogen) atoms. The second kappa shape index (κ2) is 6.32. The third kappa shape index (κ3) is 3.44. The van der Waals surface area contributed by atoms with E-state index in [-0.39, 0.29) is 11.9 Å². The minimum Gasteiger partial charge on any atom is -0.373 e. The number of hydrogen-bond acceptors (Lipinski definition) is 4. The molecule has 106 valence electrons. The van der Waals surface area contributed by atoms with Gasteiger partial charge in [-0.2, -0.15) is 0 Å². The van der Waals surface area contributed by atoms with Crippen LogP contribution in [0.2, 0.25) is 0 Å². The summed E-state index contributed by atoms with van der Waals surface area (Å²) >= 11 is 0. The molecule has 1 aromatic carbocycles. The second-order valence-corrected chi connectivity index (χ2v) is 4.58. The Labute approximate surface area is 118 Å². The zero-order valence-electron chi connectivity index (χ0n) is 11.9. The molecular formula is C15H19FN4. The Morgan fingerprint density at radius 1 is 1.15 bits per heavy atom. The highest BCUT2D eigenvalue weighted by atomic mass is 19.1. The lowest BCUT2D eigenvalue weighted by molar-refractivity contribution is 0.626. The highest BCUT2D eigenvalue weighted by Gasteiger charge is 2.08. The first kappa shape index (κ1) is 14.2. The predicted molar refractivity (Wildman–Crippen MR) is 79.4 cm³/mol. The van der Waals surface area contributed by atoms with Crippen molar-refractivity contribution in [1.82, 2.24) is 9.97 Å². The van der Waals surface area contributed by atoms with E-state index in [4.69, 9.17) is 0 Å². The molecule has 0 aliphatic carbocycles. The van der Waals surface area contributed by atoms with E-state index in [1.165, 1.54) is 12.1 Å². The first-order chi connectivity index (χ1) is 9.62. The molecule has 1 heterocycles. The Balaban J connectivity index is 2.18. The highest BCUT2D eigenvalue weighted by molar-refractivity contribution is 5.48. The molecule has 0 saturated carbocycles. The van der Waals surface area contributed by atoms with Gasteiger partial charge in [-0.3, -0.25) is 0 Å². The molecule has 0 radical (unpaired) electrons. The Kier molecular flexibility index (Phi) is 4.50. The SMILES string of the molecule is CCc1nc(NC)cc(NC(C)c2ccc(F)cc2)n1. The first-order valence-electron chi connectivity index (χ1n) is 6.70. The summed E-state index contributed by atoms with van der Waals surface area (Å²) in [5.41, 5.74) is 1.01. The molecule has 5 heteroatoms. The van der Waals surface area contributed by atoms with E-state index < -0.39 is 0 Å². The molecule has 0 aliphatic heterocycles. The van der Waals surface area contributed by atoms with Gasteiger partial charge in [-0.15, -0.1) is 0 Å². The molecule has 0 fully saturated rings. The summed E-state index contributed by atoms with van der Waals surface area (Å²) in [6, 6.07) is 8.37. The van der Waals surface area contributed by atoms with E-state index in [0.29, 0.717) is 0 Å². The molecule has 2 aromatic rings. The highest BCUT2D eigenvalue weighted by Crippen LogP contribution is 2.20. The number of aromatic nitrogens is 2. The summed E-state index contributed by atoms with van der Waals surface area (Å²) in [7, 11) is 1.83. The van der Waals surface area contributed by atoms with Crippen LogP contribution in [0.25, 0.3) is 0 Å². The van der Waals surface area contributed by atoms with Crippen LogP contribution in [0.3, 0.4) is 0 Å². The van der Waals surface area contributed by atoms with Crippen molar-refractivity contribution in [2.45, 2.75) is 26.3 Å². The van der Waals surface area contributed by atoms with Gasteiger partial charge in [0.15, 0.2) is 0 Å². The molecule has 2 rings (SSSR count). The van der Waals surface area contributed by atoms with Gasteiger partial charge < -0.3 is 10.6 Å². The third-order valence-electron chi connectivity index (χ3n) is 3.08. The van der Waals surface area contributed by atoms with Crippen LogP contribution < -0.4 is 10.6 Å². The van der Waals surface area contributed by atoms with Crippen molar-refractivity contribution < 1.29 is 4.39 Å². The number of nitrogens with one attached hydrogen (secondary N) is 2. The number of anilines is 2. The van der Waals surface area contributed by atoms with E-state index in [9.17, 15) is 4.39 Å². The summed E-state index contributed by atoms with van der Waals surface area (Å²) < 4.78 is 12.9. The van der Waals surface area contributed by atoms with Gasteiger partial charge in [0.2, 0.25) is 0 Å². The van der Waals surface area contributed by atoms with Crippen LogP contribution in [0.4, 0.5) is 16.0 Å². The number of halogens is 1. The fraction of sp³-hybridized carbons (Fsp3) is 0.333. The number of hydrogen-bond donors (Lipinski definition) is 2. The Morgan fingerprint density at radius 2 is 1.80 bits per heavy atom. The average Bonchev–Trinajstić information content (AvgIpc) is 2.47. The summed E-state index contributed by atoms with van der Waals surface area (Å²) in [5.74, 6) is 2.10. The van der Waals surface area contributed by atoms with E-state index in [1.807, 2.05) is 27.0 Å². The zero-order valence-corrected chi connectivity index (χ0v) is 11.9. The van der Waals surface area contributed by atoms with Gasteiger partial charge >= 0.3 is 0 Å². The third-order valence-corrected chi connectivity index (χ3v) is 3.08. The average molecular weight is 274 g/mol. The Morgan fingerprint density at radius 3 is 2.40 bits per heavy atom.